The predicted molar refractivity (Wildman–Crippen MR) is 82.7 cm³/mol. The first-order chi connectivity index (χ1) is 10.0. The molecule has 0 saturated heterocycles. The minimum Gasteiger partial charge on any atom is -0.478 e. The second-order valence-corrected chi connectivity index (χ2v) is 5.39. The van der Waals surface area contributed by atoms with Gasteiger partial charge in [-0.2, -0.15) is 5.10 Å². The van der Waals surface area contributed by atoms with Crippen molar-refractivity contribution in [1.29, 1.82) is 0 Å². The summed E-state index contributed by atoms with van der Waals surface area (Å²) < 4.78 is 13.2. The molecule has 0 fully saturated rings. The van der Waals surface area contributed by atoms with Crippen molar-refractivity contribution in [2.24, 2.45) is 0 Å². The molecule has 0 aliphatic carbocycles. The maximum Gasteiger partial charge on any atom is 0.347 e. The average Bonchev–Trinajstić information content (AvgIpc) is 2.95. The van der Waals surface area contributed by atoms with Crippen LogP contribution in [0.2, 0.25) is 0 Å². The predicted octanol–water partition coefficient (Wildman–Crippen LogP) is 3.27. The van der Waals surface area contributed by atoms with Crippen LogP contribution in [0.5, 0.6) is 5.75 Å². The molecule has 1 atom stereocenters. The van der Waals surface area contributed by atoms with Gasteiger partial charge >= 0.3 is 5.97 Å². The van der Waals surface area contributed by atoms with Crippen LogP contribution in [-0.4, -0.2) is 28.5 Å². The third-order valence-corrected chi connectivity index (χ3v) is 3.54. The molecule has 2 aromatic rings. The van der Waals surface area contributed by atoms with Crippen LogP contribution in [-0.2, 0) is 9.53 Å². The molecule has 0 N–H and O–H groups in total. The summed E-state index contributed by atoms with van der Waals surface area (Å²) in [5.41, 5.74) is 1.94. The lowest BCUT2D eigenvalue weighted by Crippen LogP contribution is -2.26. The van der Waals surface area contributed by atoms with Crippen LogP contribution in [0.1, 0.15) is 19.4 Å². The molecule has 21 heavy (non-hydrogen) atoms. The number of carbonyl (C=O) groups is 1. The molecule has 0 spiro atoms. The molecule has 2 rings (SSSR count). The second kappa shape index (κ2) is 6.76. The van der Waals surface area contributed by atoms with Gasteiger partial charge in [-0.1, -0.05) is 0 Å². The van der Waals surface area contributed by atoms with Crippen molar-refractivity contribution in [3.8, 4) is 11.4 Å². The molecule has 0 aliphatic heterocycles. The van der Waals surface area contributed by atoms with E-state index in [2.05, 4.69) is 21.0 Å². The van der Waals surface area contributed by atoms with Crippen LogP contribution in [0.25, 0.3) is 5.69 Å². The topological polar surface area (TPSA) is 53.4 Å². The number of carbonyl (C=O) groups excluding carboxylic acids is 1. The number of aryl methyl sites for hydroxylation is 1. The molecular formula is C15H17BrN2O3. The SMILES string of the molecule is CCOC(=O)C(C)Oc1cc(-n2cccn2)c(C)cc1Br. The summed E-state index contributed by atoms with van der Waals surface area (Å²) in [7, 11) is 0. The lowest BCUT2D eigenvalue weighted by molar-refractivity contribution is -0.150. The Morgan fingerprint density at radius 2 is 2.24 bits per heavy atom. The molecule has 1 unspecified atom stereocenters. The quantitative estimate of drug-likeness (QED) is 0.775. The van der Waals surface area contributed by atoms with Gasteiger partial charge in [0.05, 0.1) is 16.8 Å². The molecular weight excluding hydrogens is 336 g/mol. The van der Waals surface area contributed by atoms with E-state index in [1.807, 2.05) is 31.3 Å². The molecule has 0 radical (unpaired) electrons. The smallest absolute Gasteiger partial charge is 0.347 e. The molecule has 0 saturated carbocycles. The van der Waals surface area contributed by atoms with Crippen LogP contribution in [0.4, 0.5) is 0 Å². The van der Waals surface area contributed by atoms with E-state index in [1.54, 1.807) is 24.7 Å². The Bertz CT molecular complexity index is 626. The molecule has 0 aliphatic rings. The maximum atomic E-state index is 11.7. The number of rotatable bonds is 5. The number of ether oxygens (including phenoxy) is 2. The first kappa shape index (κ1) is 15.6. The minimum atomic E-state index is -0.672. The van der Waals surface area contributed by atoms with Gasteiger partial charge in [-0.05, 0) is 54.4 Å². The standard InChI is InChI=1S/C15H17BrN2O3/c1-4-20-15(19)11(3)21-14-9-13(10(2)8-12(14)16)18-7-5-6-17-18/h5-9,11H,4H2,1-3H3. The van der Waals surface area contributed by atoms with E-state index >= 15 is 0 Å². The Balaban J connectivity index is 2.28. The molecule has 6 heteroatoms. The van der Waals surface area contributed by atoms with Gasteiger partial charge in [-0.15, -0.1) is 0 Å². The number of hydrogen-bond donors (Lipinski definition) is 0. The Kier molecular flexibility index (Phi) is 5.01. The van der Waals surface area contributed by atoms with Crippen LogP contribution in [0, 0.1) is 6.92 Å². The Hall–Kier alpha value is -1.82. The van der Waals surface area contributed by atoms with Crippen LogP contribution in [0.15, 0.2) is 35.1 Å². The van der Waals surface area contributed by atoms with E-state index in [9.17, 15) is 4.79 Å². The maximum absolute atomic E-state index is 11.7. The van der Waals surface area contributed by atoms with Gasteiger partial charge in [0.2, 0.25) is 0 Å². The summed E-state index contributed by atoms with van der Waals surface area (Å²) in [4.78, 5) is 11.7. The molecule has 1 aromatic heterocycles. The fourth-order valence-electron chi connectivity index (χ4n) is 1.89. The summed E-state index contributed by atoms with van der Waals surface area (Å²) in [5.74, 6) is 0.192. The number of esters is 1. The van der Waals surface area contributed by atoms with E-state index in [0.29, 0.717) is 12.4 Å². The highest BCUT2D eigenvalue weighted by molar-refractivity contribution is 9.10. The van der Waals surface area contributed by atoms with Crippen molar-refractivity contribution >= 4 is 21.9 Å². The van der Waals surface area contributed by atoms with Gasteiger partial charge in [-0.25, -0.2) is 9.48 Å². The highest BCUT2D eigenvalue weighted by Crippen LogP contribution is 2.31. The lowest BCUT2D eigenvalue weighted by atomic mass is 10.2. The zero-order chi connectivity index (χ0) is 15.4. The molecule has 1 heterocycles. The van der Waals surface area contributed by atoms with Crippen molar-refractivity contribution in [2.75, 3.05) is 6.61 Å². The summed E-state index contributed by atoms with van der Waals surface area (Å²) in [6.45, 7) is 5.75. The first-order valence-corrected chi connectivity index (χ1v) is 7.45. The number of nitrogens with zero attached hydrogens (tertiary/aromatic N) is 2. The van der Waals surface area contributed by atoms with Crippen molar-refractivity contribution in [3.05, 3.63) is 40.6 Å². The monoisotopic (exact) mass is 352 g/mol. The van der Waals surface area contributed by atoms with E-state index in [4.69, 9.17) is 9.47 Å². The van der Waals surface area contributed by atoms with Gasteiger partial charge in [0, 0.05) is 18.5 Å². The highest BCUT2D eigenvalue weighted by Gasteiger charge is 2.18. The van der Waals surface area contributed by atoms with Crippen LogP contribution in [0.3, 0.4) is 0 Å². The van der Waals surface area contributed by atoms with Gasteiger partial charge < -0.3 is 9.47 Å². The fourth-order valence-corrected chi connectivity index (χ4v) is 2.44. The van der Waals surface area contributed by atoms with Crippen molar-refractivity contribution in [1.82, 2.24) is 9.78 Å². The highest BCUT2D eigenvalue weighted by atomic mass is 79.9. The third kappa shape index (κ3) is 3.64. The zero-order valence-electron chi connectivity index (χ0n) is 12.2. The molecule has 0 amide bonds. The number of benzene rings is 1. The number of hydrogen-bond acceptors (Lipinski definition) is 4. The Morgan fingerprint density at radius 3 is 2.86 bits per heavy atom. The largest absolute Gasteiger partial charge is 0.478 e. The van der Waals surface area contributed by atoms with E-state index < -0.39 is 6.10 Å². The van der Waals surface area contributed by atoms with Crippen molar-refractivity contribution in [2.45, 2.75) is 26.9 Å². The van der Waals surface area contributed by atoms with Crippen molar-refractivity contribution in [3.63, 3.8) is 0 Å². The molecule has 5 nitrogen and oxygen atoms in total. The minimum absolute atomic E-state index is 0.333. The fraction of sp³-hybridized carbons (Fsp3) is 0.333. The van der Waals surface area contributed by atoms with Crippen molar-refractivity contribution < 1.29 is 14.3 Å². The first-order valence-electron chi connectivity index (χ1n) is 6.66. The lowest BCUT2D eigenvalue weighted by Gasteiger charge is -2.16. The van der Waals surface area contributed by atoms with E-state index in [1.165, 1.54) is 0 Å². The van der Waals surface area contributed by atoms with E-state index in [-0.39, 0.29) is 5.97 Å². The normalized spacial score (nSPS) is 12.0. The van der Waals surface area contributed by atoms with Gasteiger partial charge in [-0.3, -0.25) is 0 Å². The average molecular weight is 353 g/mol. The Labute approximate surface area is 132 Å². The van der Waals surface area contributed by atoms with Crippen LogP contribution >= 0.6 is 15.9 Å². The summed E-state index contributed by atoms with van der Waals surface area (Å²) in [6, 6.07) is 5.63. The van der Waals surface area contributed by atoms with Gasteiger partial charge in [0.15, 0.2) is 6.10 Å². The van der Waals surface area contributed by atoms with E-state index in [0.717, 1.165) is 15.7 Å². The zero-order valence-corrected chi connectivity index (χ0v) is 13.8. The van der Waals surface area contributed by atoms with Gasteiger partial charge in [0.25, 0.3) is 0 Å². The number of aromatic nitrogens is 2. The summed E-state index contributed by atoms with van der Waals surface area (Å²) in [6.07, 6.45) is 2.90. The number of halogens is 1. The third-order valence-electron chi connectivity index (χ3n) is 2.92. The molecule has 0 bridgehead atoms. The van der Waals surface area contributed by atoms with Crippen LogP contribution < -0.4 is 4.74 Å². The molecule has 112 valence electrons. The molecule has 1 aromatic carbocycles. The summed E-state index contributed by atoms with van der Waals surface area (Å²) in [5, 5.41) is 4.22. The van der Waals surface area contributed by atoms with Gasteiger partial charge in [0.1, 0.15) is 5.75 Å². The Morgan fingerprint density at radius 1 is 1.48 bits per heavy atom. The second-order valence-electron chi connectivity index (χ2n) is 4.53. The summed E-state index contributed by atoms with van der Waals surface area (Å²) >= 11 is 3.45.